The lowest BCUT2D eigenvalue weighted by Gasteiger charge is -2.04. The normalized spacial score (nSPS) is 11.3. The lowest BCUT2D eigenvalue weighted by atomic mass is 10.3. The summed E-state index contributed by atoms with van der Waals surface area (Å²) < 4.78 is 33.9. The van der Waals surface area contributed by atoms with Gasteiger partial charge in [-0.25, -0.2) is 14.4 Å². The van der Waals surface area contributed by atoms with Crippen LogP contribution >= 0.6 is 0 Å². The zero-order chi connectivity index (χ0) is 16.8. The Morgan fingerprint density at radius 3 is 2.88 bits per heavy atom. The number of nitrogens with zero attached hydrogens (tertiary/aromatic N) is 3. The maximum Gasteiger partial charge on any atom is 0.291 e. The molecule has 0 saturated heterocycles. The molecule has 120 valence electrons. The van der Waals surface area contributed by atoms with Crippen molar-refractivity contribution in [3.05, 3.63) is 59.9 Å². The largest absolute Gasteiger partial charge is 0.449 e. The Labute approximate surface area is 133 Å². The van der Waals surface area contributed by atoms with Crippen molar-refractivity contribution in [2.45, 2.75) is 6.92 Å². The highest BCUT2D eigenvalue weighted by atomic mass is 19.1. The van der Waals surface area contributed by atoms with Crippen molar-refractivity contribution in [1.82, 2.24) is 14.4 Å². The Kier molecular flexibility index (Phi) is 3.05. The van der Waals surface area contributed by atoms with Crippen LogP contribution in [-0.4, -0.2) is 20.3 Å². The molecule has 6 nitrogen and oxygen atoms in total. The number of carbonyl (C=O) groups excluding carboxylic acids is 1. The van der Waals surface area contributed by atoms with Crippen LogP contribution in [0.5, 0.6) is 0 Å². The van der Waals surface area contributed by atoms with E-state index in [1.807, 2.05) is 0 Å². The molecule has 4 heterocycles. The molecule has 0 bridgehead atoms. The molecular weight excluding hydrogens is 318 g/mol. The molecule has 4 rings (SSSR count). The van der Waals surface area contributed by atoms with Gasteiger partial charge in [-0.15, -0.1) is 0 Å². The number of halogens is 2. The van der Waals surface area contributed by atoms with E-state index in [0.29, 0.717) is 5.69 Å². The Balaban J connectivity index is 1.67. The minimum Gasteiger partial charge on any atom is -0.449 e. The molecule has 4 aromatic heterocycles. The van der Waals surface area contributed by atoms with Crippen molar-refractivity contribution in [2.24, 2.45) is 0 Å². The zero-order valence-electron chi connectivity index (χ0n) is 12.4. The van der Waals surface area contributed by atoms with E-state index in [1.54, 1.807) is 13.1 Å². The molecular formula is C16H10F2N4O2. The highest BCUT2D eigenvalue weighted by molar-refractivity contribution is 6.04. The van der Waals surface area contributed by atoms with Crippen LogP contribution in [0.25, 0.3) is 16.7 Å². The van der Waals surface area contributed by atoms with Crippen LogP contribution < -0.4 is 5.32 Å². The number of rotatable bonds is 2. The first-order valence-corrected chi connectivity index (χ1v) is 7.02. The Morgan fingerprint density at radius 2 is 2.04 bits per heavy atom. The van der Waals surface area contributed by atoms with Gasteiger partial charge in [-0.3, -0.25) is 4.79 Å². The lowest BCUT2D eigenvalue weighted by Crippen LogP contribution is -2.11. The van der Waals surface area contributed by atoms with Crippen LogP contribution in [0.1, 0.15) is 16.2 Å². The number of anilines is 1. The van der Waals surface area contributed by atoms with E-state index in [1.165, 1.54) is 28.8 Å². The number of pyridine rings is 2. The number of carbonyl (C=O) groups is 1. The van der Waals surface area contributed by atoms with Crippen LogP contribution in [0.3, 0.4) is 0 Å². The third-order valence-corrected chi connectivity index (χ3v) is 3.45. The summed E-state index contributed by atoms with van der Waals surface area (Å²) in [5, 5.41) is 2.53. The van der Waals surface area contributed by atoms with Crippen molar-refractivity contribution in [3.63, 3.8) is 0 Å². The van der Waals surface area contributed by atoms with Crippen LogP contribution in [-0.2, 0) is 0 Å². The monoisotopic (exact) mass is 328 g/mol. The molecule has 0 unspecified atom stereocenters. The topological polar surface area (TPSA) is 72.4 Å². The van der Waals surface area contributed by atoms with E-state index in [0.717, 1.165) is 6.07 Å². The van der Waals surface area contributed by atoms with E-state index in [9.17, 15) is 13.6 Å². The molecule has 1 amide bonds. The van der Waals surface area contributed by atoms with Crippen molar-refractivity contribution in [1.29, 1.82) is 0 Å². The second kappa shape index (κ2) is 5.12. The van der Waals surface area contributed by atoms with Crippen LogP contribution in [0, 0.1) is 18.7 Å². The minimum absolute atomic E-state index is 0.0505. The number of aromatic nitrogens is 3. The van der Waals surface area contributed by atoms with Crippen LogP contribution in [0.4, 0.5) is 14.5 Å². The number of amides is 1. The van der Waals surface area contributed by atoms with E-state index in [2.05, 4.69) is 15.3 Å². The number of hydrogen-bond acceptors (Lipinski definition) is 4. The number of imidazole rings is 1. The summed E-state index contributed by atoms with van der Waals surface area (Å²) in [4.78, 5) is 19.9. The second-order valence-corrected chi connectivity index (χ2v) is 5.27. The van der Waals surface area contributed by atoms with Crippen LogP contribution in [0.15, 0.2) is 41.1 Å². The van der Waals surface area contributed by atoms with E-state index in [4.69, 9.17) is 4.42 Å². The molecule has 0 saturated carbocycles. The van der Waals surface area contributed by atoms with Crippen LogP contribution in [0.2, 0.25) is 0 Å². The third kappa shape index (κ3) is 2.37. The SMILES string of the molecule is Cc1cn2cc(NC(=O)c3cc4nc(F)ccc4o3)cc(F)c2n1. The minimum atomic E-state index is -0.668. The smallest absolute Gasteiger partial charge is 0.291 e. The molecule has 0 spiro atoms. The molecule has 0 radical (unpaired) electrons. The van der Waals surface area contributed by atoms with Gasteiger partial charge in [0.2, 0.25) is 5.95 Å². The van der Waals surface area contributed by atoms with Crippen molar-refractivity contribution in [2.75, 3.05) is 5.32 Å². The molecule has 0 atom stereocenters. The quantitative estimate of drug-likeness (QED) is 0.573. The summed E-state index contributed by atoms with van der Waals surface area (Å²) in [6.45, 7) is 1.74. The maximum absolute atomic E-state index is 14.0. The summed E-state index contributed by atoms with van der Waals surface area (Å²) in [5.74, 6) is -1.87. The maximum atomic E-state index is 14.0. The molecule has 1 N–H and O–H groups in total. The molecule has 4 aromatic rings. The van der Waals surface area contributed by atoms with Gasteiger partial charge >= 0.3 is 0 Å². The summed E-state index contributed by atoms with van der Waals surface area (Å²) in [5.41, 5.74) is 1.58. The second-order valence-electron chi connectivity index (χ2n) is 5.27. The molecule has 0 aliphatic carbocycles. The highest BCUT2D eigenvalue weighted by Crippen LogP contribution is 2.20. The summed E-state index contributed by atoms with van der Waals surface area (Å²) >= 11 is 0. The molecule has 24 heavy (non-hydrogen) atoms. The number of nitrogens with one attached hydrogen (secondary N) is 1. The summed E-state index contributed by atoms with van der Waals surface area (Å²) in [6, 6.07) is 5.01. The van der Waals surface area contributed by atoms with E-state index in [-0.39, 0.29) is 28.2 Å². The Bertz CT molecular complexity index is 1100. The molecule has 0 aromatic carbocycles. The van der Waals surface area contributed by atoms with Crippen molar-refractivity contribution in [3.8, 4) is 0 Å². The standard InChI is InChI=1S/C16H10F2N4O2/c1-8-6-22-7-9(4-10(17)15(22)19-8)20-16(23)13-5-11-12(24-13)2-3-14(18)21-11/h2-7H,1H3,(H,20,23). The predicted octanol–water partition coefficient (Wildman–Crippen LogP) is 3.31. The highest BCUT2D eigenvalue weighted by Gasteiger charge is 2.15. The first kappa shape index (κ1) is 14.3. The average molecular weight is 328 g/mol. The predicted molar refractivity (Wildman–Crippen MR) is 81.8 cm³/mol. The Hall–Kier alpha value is -3.29. The van der Waals surface area contributed by atoms with Crippen molar-refractivity contribution >= 4 is 28.3 Å². The fourth-order valence-electron chi connectivity index (χ4n) is 2.45. The van der Waals surface area contributed by atoms with Gasteiger partial charge in [-0.2, -0.15) is 4.39 Å². The molecule has 0 aliphatic heterocycles. The first-order chi connectivity index (χ1) is 11.5. The number of aryl methyl sites for hydroxylation is 1. The number of furan rings is 1. The van der Waals surface area contributed by atoms with Gasteiger partial charge < -0.3 is 14.1 Å². The Morgan fingerprint density at radius 1 is 1.21 bits per heavy atom. The summed E-state index contributed by atoms with van der Waals surface area (Å²) in [7, 11) is 0. The number of fused-ring (bicyclic) bond motifs is 2. The van der Waals surface area contributed by atoms with Gasteiger partial charge in [-0.05, 0) is 19.1 Å². The molecule has 0 fully saturated rings. The van der Waals surface area contributed by atoms with Crippen molar-refractivity contribution < 1.29 is 18.0 Å². The van der Waals surface area contributed by atoms with Gasteiger partial charge in [0.25, 0.3) is 5.91 Å². The third-order valence-electron chi connectivity index (χ3n) is 3.45. The fraction of sp³-hybridized carbons (Fsp3) is 0.0625. The molecule has 8 heteroatoms. The lowest BCUT2D eigenvalue weighted by molar-refractivity contribution is 0.0998. The average Bonchev–Trinajstić information content (AvgIpc) is 3.09. The van der Waals surface area contributed by atoms with E-state index >= 15 is 0 Å². The fourth-order valence-corrected chi connectivity index (χ4v) is 2.45. The van der Waals surface area contributed by atoms with Gasteiger partial charge in [-0.1, -0.05) is 0 Å². The summed E-state index contributed by atoms with van der Waals surface area (Å²) in [6.07, 6.45) is 3.18. The first-order valence-electron chi connectivity index (χ1n) is 7.02. The number of hydrogen-bond donors (Lipinski definition) is 1. The van der Waals surface area contributed by atoms with Gasteiger partial charge in [0, 0.05) is 24.5 Å². The van der Waals surface area contributed by atoms with Gasteiger partial charge in [0.1, 0.15) is 5.52 Å². The van der Waals surface area contributed by atoms with E-state index < -0.39 is 17.7 Å². The van der Waals surface area contributed by atoms with Gasteiger partial charge in [0.05, 0.1) is 11.4 Å². The van der Waals surface area contributed by atoms with Gasteiger partial charge in [0.15, 0.2) is 22.8 Å². The molecule has 0 aliphatic rings. The zero-order valence-corrected chi connectivity index (χ0v) is 12.4.